The fourth-order valence-corrected chi connectivity index (χ4v) is 6.77. The predicted octanol–water partition coefficient (Wildman–Crippen LogP) is 2.41. The molecule has 0 amide bonds. The molecule has 20 heavy (non-hydrogen) atoms. The van der Waals surface area contributed by atoms with E-state index in [-0.39, 0.29) is 0 Å². The topological polar surface area (TPSA) is 24.7 Å². The molecule has 2 aromatic rings. The Kier molecular flexibility index (Phi) is 3.08. The van der Waals surface area contributed by atoms with Crippen molar-refractivity contribution in [3.8, 4) is 0 Å². The summed E-state index contributed by atoms with van der Waals surface area (Å²) in [4.78, 5) is 9.73. The Labute approximate surface area is 131 Å². The van der Waals surface area contributed by atoms with Crippen LogP contribution in [0.25, 0.3) is 10.8 Å². The zero-order valence-corrected chi connectivity index (χ0v) is 14.9. The van der Waals surface area contributed by atoms with Gasteiger partial charge >= 0.3 is 131 Å². The first-order valence-corrected chi connectivity index (χ1v) is 10.3. The molecule has 0 saturated carbocycles. The quantitative estimate of drug-likeness (QED) is 0.702. The normalized spacial score (nSPS) is 16.1. The molecule has 0 saturated heterocycles. The van der Waals surface area contributed by atoms with Gasteiger partial charge in [-0.05, 0) is 0 Å². The van der Waals surface area contributed by atoms with Crippen molar-refractivity contribution in [1.82, 2.24) is 0 Å². The molecular weight excluding hydrogens is 378 g/mol. The summed E-state index contributed by atoms with van der Waals surface area (Å²) in [6, 6.07) is 9.00. The molecule has 4 heteroatoms. The van der Waals surface area contributed by atoms with Crippen molar-refractivity contribution < 1.29 is 0 Å². The van der Waals surface area contributed by atoms with Crippen LogP contribution in [0, 0.1) is 0 Å². The summed E-state index contributed by atoms with van der Waals surface area (Å²) in [6.45, 7) is 4.41. The standard InChI is InChI=1S/C16H14N2Se2/c1-3-13-17-9-5-8-12-16-10(18-14(4-2)20-12)6-7-11(19-13)15(9)16/h5-8H,3-4H2,1-2H3. The maximum atomic E-state index is 4.86. The van der Waals surface area contributed by atoms with Crippen LogP contribution in [-0.2, 0) is 0 Å². The predicted molar refractivity (Wildman–Crippen MR) is 89.5 cm³/mol. The van der Waals surface area contributed by atoms with Gasteiger partial charge in [0.15, 0.2) is 0 Å². The first-order valence-electron chi connectivity index (χ1n) is 6.90. The van der Waals surface area contributed by atoms with Gasteiger partial charge in [0.2, 0.25) is 0 Å². The number of aliphatic imine (C=N–C) groups is 2. The van der Waals surface area contributed by atoms with Crippen LogP contribution in [0.4, 0.5) is 11.4 Å². The van der Waals surface area contributed by atoms with Crippen LogP contribution in [0.1, 0.15) is 26.7 Å². The van der Waals surface area contributed by atoms with Gasteiger partial charge < -0.3 is 0 Å². The van der Waals surface area contributed by atoms with Gasteiger partial charge in [-0.1, -0.05) is 0 Å². The minimum absolute atomic E-state index is 0.390. The van der Waals surface area contributed by atoms with E-state index in [0.717, 1.165) is 24.2 Å². The van der Waals surface area contributed by atoms with Crippen molar-refractivity contribution in [3.63, 3.8) is 0 Å². The molecule has 0 aromatic heterocycles. The Bertz CT molecular complexity index is 723. The van der Waals surface area contributed by atoms with Crippen LogP contribution in [0.3, 0.4) is 0 Å². The number of rotatable bonds is 2. The fourth-order valence-electron chi connectivity index (χ4n) is 2.62. The second-order valence-electron chi connectivity index (χ2n) is 4.84. The molecule has 100 valence electrons. The SMILES string of the molecule is CCC1=Nc2ccc3c4c(ccc(c24)[Se]1)N=C(CC)[Se]3. The van der Waals surface area contributed by atoms with Gasteiger partial charge in [-0.25, -0.2) is 0 Å². The first-order chi connectivity index (χ1) is 9.80. The third-order valence-electron chi connectivity index (χ3n) is 3.59. The molecule has 0 unspecified atom stereocenters. The zero-order valence-electron chi connectivity index (χ0n) is 11.4. The second-order valence-corrected chi connectivity index (χ2v) is 9.52. The number of nitrogens with zero attached hydrogens (tertiary/aromatic N) is 2. The van der Waals surface area contributed by atoms with E-state index in [9.17, 15) is 0 Å². The average Bonchev–Trinajstić information content (AvgIpc) is 2.51. The van der Waals surface area contributed by atoms with Gasteiger partial charge in [0, 0.05) is 0 Å². The Morgan fingerprint density at radius 3 is 1.60 bits per heavy atom. The Morgan fingerprint density at radius 1 is 0.750 bits per heavy atom. The van der Waals surface area contributed by atoms with E-state index in [2.05, 4.69) is 38.1 Å². The van der Waals surface area contributed by atoms with Crippen molar-refractivity contribution in [3.05, 3.63) is 24.3 Å². The van der Waals surface area contributed by atoms with Gasteiger partial charge in [0.1, 0.15) is 0 Å². The molecule has 0 N–H and O–H groups in total. The molecule has 2 heterocycles. The summed E-state index contributed by atoms with van der Waals surface area (Å²) in [7, 11) is 0. The third kappa shape index (κ3) is 1.83. The minimum atomic E-state index is 0.390. The van der Waals surface area contributed by atoms with E-state index in [1.54, 1.807) is 0 Å². The summed E-state index contributed by atoms with van der Waals surface area (Å²) >= 11 is 0.779. The first kappa shape index (κ1) is 12.8. The van der Waals surface area contributed by atoms with E-state index in [1.165, 1.54) is 28.9 Å². The molecule has 2 aromatic carbocycles. The summed E-state index contributed by atoms with van der Waals surface area (Å²) in [5, 5.41) is 2.77. The molecule has 2 nitrogen and oxygen atoms in total. The van der Waals surface area contributed by atoms with E-state index in [0.29, 0.717) is 29.9 Å². The van der Waals surface area contributed by atoms with Gasteiger partial charge in [-0.2, -0.15) is 0 Å². The van der Waals surface area contributed by atoms with Crippen LogP contribution in [0.2, 0.25) is 0 Å². The van der Waals surface area contributed by atoms with Gasteiger partial charge in [0.05, 0.1) is 0 Å². The molecule has 0 aliphatic carbocycles. The average molecular weight is 392 g/mol. The number of hydrogen-bond donors (Lipinski definition) is 0. The summed E-state index contributed by atoms with van der Waals surface area (Å²) in [5.41, 5.74) is 2.33. The van der Waals surface area contributed by atoms with Crippen molar-refractivity contribution in [2.24, 2.45) is 9.98 Å². The van der Waals surface area contributed by atoms with E-state index < -0.39 is 0 Å². The fraction of sp³-hybridized carbons (Fsp3) is 0.250. The third-order valence-corrected chi connectivity index (χ3v) is 8.52. The van der Waals surface area contributed by atoms with Crippen molar-refractivity contribution in [2.75, 3.05) is 0 Å². The molecule has 2 aliphatic heterocycles. The van der Waals surface area contributed by atoms with Gasteiger partial charge in [0.25, 0.3) is 0 Å². The number of benzene rings is 2. The maximum absolute atomic E-state index is 4.86. The van der Waals surface area contributed by atoms with Gasteiger partial charge in [-0.3, -0.25) is 0 Å². The van der Waals surface area contributed by atoms with E-state index in [1.807, 2.05) is 0 Å². The number of hydrogen-bond acceptors (Lipinski definition) is 2. The van der Waals surface area contributed by atoms with Crippen LogP contribution in [-0.4, -0.2) is 39.1 Å². The molecule has 0 bridgehead atoms. The second kappa shape index (κ2) is 4.82. The zero-order chi connectivity index (χ0) is 13.7. The van der Waals surface area contributed by atoms with E-state index >= 15 is 0 Å². The molecule has 2 aliphatic rings. The van der Waals surface area contributed by atoms with Crippen molar-refractivity contribution in [2.45, 2.75) is 26.7 Å². The summed E-state index contributed by atoms with van der Waals surface area (Å²) in [6.07, 6.45) is 2.12. The Hall–Kier alpha value is -0.921. The van der Waals surface area contributed by atoms with Crippen LogP contribution in [0.15, 0.2) is 34.3 Å². The molecule has 0 spiro atoms. The van der Waals surface area contributed by atoms with Crippen molar-refractivity contribution in [1.29, 1.82) is 0 Å². The Morgan fingerprint density at radius 2 is 1.20 bits per heavy atom. The van der Waals surface area contributed by atoms with Crippen LogP contribution in [0.5, 0.6) is 0 Å². The van der Waals surface area contributed by atoms with Crippen LogP contribution < -0.4 is 8.92 Å². The van der Waals surface area contributed by atoms with E-state index in [4.69, 9.17) is 9.98 Å². The summed E-state index contributed by atoms with van der Waals surface area (Å²) in [5.74, 6) is 0. The van der Waals surface area contributed by atoms with Gasteiger partial charge in [-0.15, -0.1) is 0 Å². The molecule has 0 atom stereocenters. The molecule has 0 radical (unpaired) electrons. The Balaban J connectivity index is 2.06. The monoisotopic (exact) mass is 394 g/mol. The van der Waals surface area contributed by atoms with Crippen molar-refractivity contribution >= 4 is 70.2 Å². The molecule has 4 rings (SSSR count). The molecule has 0 fully saturated rings. The summed E-state index contributed by atoms with van der Waals surface area (Å²) < 4.78 is 5.69. The van der Waals surface area contributed by atoms with Crippen LogP contribution >= 0.6 is 0 Å². The molecular formula is C16H14N2Se2.